The molecule has 5 heteroatoms. The molecule has 0 rings (SSSR count). The molecule has 0 aliphatic heterocycles. The number of aliphatic imine (C=N–C) groups is 1. The molecule has 0 radical (unpaired) electrons. The van der Waals surface area contributed by atoms with Crippen molar-refractivity contribution >= 4 is 12.1 Å². The Labute approximate surface area is 116 Å². The van der Waals surface area contributed by atoms with Gasteiger partial charge in [-0.2, -0.15) is 0 Å². The normalized spacial score (nSPS) is 14.5. The van der Waals surface area contributed by atoms with Gasteiger partial charge in [0.05, 0.1) is 5.60 Å². The van der Waals surface area contributed by atoms with Crippen LogP contribution in [0, 0.1) is 0 Å². The number of carbonyl (C=O) groups excluding carboxylic acids is 1. The van der Waals surface area contributed by atoms with Gasteiger partial charge in [-0.1, -0.05) is 6.92 Å². The summed E-state index contributed by atoms with van der Waals surface area (Å²) in [6.45, 7) is 3.43. The molecule has 0 spiro atoms. The van der Waals surface area contributed by atoms with Crippen molar-refractivity contribution in [3.05, 3.63) is 0 Å². The zero-order valence-electron chi connectivity index (χ0n) is 12.5. The zero-order chi connectivity index (χ0) is 14.6. The molecule has 0 bridgehead atoms. The van der Waals surface area contributed by atoms with Gasteiger partial charge in [0.25, 0.3) is 0 Å². The summed E-state index contributed by atoms with van der Waals surface area (Å²) in [5.41, 5.74) is -0.658. The number of nitrogens with one attached hydrogen (secondary N) is 2. The Bertz CT molecular complexity index is 269. The third-order valence-electron chi connectivity index (χ3n) is 3.32. The fourth-order valence-electron chi connectivity index (χ4n) is 1.92. The van der Waals surface area contributed by atoms with Crippen LogP contribution in [0.3, 0.4) is 0 Å². The summed E-state index contributed by atoms with van der Waals surface area (Å²) >= 11 is 0. The minimum atomic E-state index is -0.658. The van der Waals surface area contributed by atoms with Crippen LogP contribution < -0.4 is 10.6 Å². The summed E-state index contributed by atoms with van der Waals surface area (Å²) in [4.78, 5) is 15.3. The number of hydrogen-bond donors (Lipinski definition) is 3. The third-order valence-corrected chi connectivity index (χ3v) is 3.32. The molecule has 0 aromatic rings. The van der Waals surface area contributed by atoms with Crippen molar-refractivity contribution in [3.8, 4) is 0 Å². The lowest BCUT2D eigenvalue weighted by Gasteiger charge is -2.27. The van der Waals surface area contributed by atoms with Gasteiger partial charge in [-0.25, -0.2) is 0 Å². The minimum absolute atomic E-state index is 0.0218. The third kappa shape index (κ3) is 9.62. The number of carbonyl (C=O) groups is 1. The lowest BCUT2D eigenvalue weighted by Crippen LogP contribution is -2.35. The number of hydrogen-bond acceptors (Lipinski definition) is 4. The Morgan fingerprint density at radius 3 is 2.68 bits per heavy atom. The molecule has 0 saturated heterocycles. The van der Waals surface area contributed by atoms with E-state index in [1.54, 1.807) is 13.3 Å². The molecule has 0 saturated carbocycles. The first-order valence-electron chi connectivity index (χ1n) is 7.12. The molecule has 0 aliphatic rings. The average Bonchev–Trinajstić information content (AvgIpc) is 2.39. The van der Waals surface area contributed by atoms with E-state index in [2.05, 4.69) is 15.6 Å². The molecule has 19 heavy (non-hydrogen) atoms. The van der Waals surface area contributed by atoms with Gasteiger partial charge < -0.3 is 20.7 Å². The summed E-state index contributed by atoms with van der Waals surface area (Å²) in [6, 6.07) is 0. The van der Waals surface area contributed by atoms with Crippen molar-refractivity contribution in [2.45, 2.75) is 51.0 Å². The maximum atomic E-state index is 11.5. The highest BCUT2D eigenvalue weighted by molar-refractivity contribution is 5.78. The van der Waals surface area contributed by atoms with Crippen LogP contribution in [0.15, 0.2) is 4.99 Å². The zero-order valence-corrected chi connectivity index (χ0v) is 12.5. The lowest BCUT2D eigenvalue weighted by atomic mass is 9.91. The fraction of sp³-hybridized carbons (Fsp3) is 0.857. The predicted octanol–water partition coefficient (Wildman–Crippen LogP) is 1.11. The standard InChI is InChI=1S/C14H29N3O2/c1-4-14(19,8-6-11-16-3)9-12-17-13(18)7-5-10-15-2/h10,16,19H,4-9,11-12H2,1-3H3,(H,17,18)/b15-10-. The Hall–Kier alpha value is -0.940. The average molecular weight is 271 g/mol. The van der Waals surface area contributed by atoms with Gasteiger partial charge in [0.1, 0.15) is 0 Å². The monoisotopic (exact) mass is 271 g/mol. The second kappa shape index (κ2) is 10.9. The predicted molar refractivity (Wildman–Crippen MR) is 79.7 cm³/mol. The summed E-state index contributed by atoms with van der Waals surface area (Å²) in [7, 11) is 3.61. The molecular weight excluding hydrogens is 242 g/mol. The van der Waals surface area contributed by atoms with Gasteiger partial charge >= 0.3 is 0 Å². The Kier molecular flexibility index (Phi) is 10.4. The van der Waals surface area contributed by atoms with Crippen molar-refractivity contribution in [1.82, 2.24) is 10.6 Å². The minimum Gasteiger partial charge on any atom is -0.390 e. The van der Waals surface area contributed by atoms with E-state index in [0.29, 0.717) is 25.8 Å². The molecule has 0 aromatic carbocycles. The number of aliphatic hydroxyl groups is 1. The molecule has 0 aromatic heterocycles. The van der Waals surface area contributed by atoms with Crippen molar-refractivity contribution in [2.75, 3.05) is 27.2 Å². The second-order valence-electron chi connectivity index (χ2n) is 4.86. The van der Waals surface area contributed by atoms with E-state index in [1.807, 2.05) is 14.0 Å². The summed E-state index contributed by atoms with van der Waals surface area (Å²) in [6.07, 6.45) is 5.91. The van der Waals surface area contributed by atoms with Crippen molar-refractivity contribution in [2.24, 2.45) is 4.99 Å². The van der Waals surface area contributed by atoms with Crippen LogP contribution in [-0.4, -0.2) is 50.0 Å². The molecule has 0 aliphatic carbocycles. The first-order valence-corrected chi connectivity index (χ1v) is 7.12. The van der Waals surface area contributed by atoms with Crippen LogP contribution in [0.4, 0.5) is 0 Å². The van der Waals surface area contributed by atoms with Crippen LogP contribution >= 0.6 is 0 Å². The van der Waals surface area contributed by atoms with Gasteiger partial charge in [-0.05, 0) is 51.9 Å². The highest BCUT2D eigenvalue weighted by atomic mass is 16.3. The Balaban J connectivity index is 3.83. The van der Waals surface area contributed by atoms with E-state index in [1.165, 1.54) is 0 Å². The maximum absolute atomic E-state index is 11.5. The molecule has 1 amide bonds. The van der Waals surface area contributed by atoms with Crippen molar-refractivity contribution in [3.63, 3.8) is 0 Å². The van der Waals surface area contributed by atoms with Gasteiger partial charge in [0, 0.05) is 20.0 Å². The lowest BCUT2D eigenvalue weighted by molar-refractivity contribution is -0.121. The van der Waals surface area contributed by atoms with Crippen molar-refractivity contribution in [1.29, 1.82) is 0 Å². The van der Waals surface area contributed by atoms with Gasteiger partial charge in [-0.15, -0.1) is 0 Å². The Morgan fingerprint density at radius 2 is 2.11 bits per heavy atom. The number of nitrogens with zero attached hydrogens (tertiary/aromatic N) is 1. The summed E-state index contributed by atoms with van der Waals surface area (Å²) in [5.74, 6) is 0.0218. The maximum Gasteiger partial charge on any atom is 0.220 e. The van der Waals surface area contributed by atoms with E-state index in [4.69, 9.17) is 0 Å². The van der Waals surface area contributed by atoms with Gasteiger partial charge in [0.2, 0.25) is 5.91 Å². The SMILES string of the molecule is CCC(O)(CCCNC)CCNC(=O)CC/C=N\C. The largest absolute Gasteiger partial charge is 0.390 e. The van der Waals surface area contributed by atoms with Crippen LogP contribution in [0.1, 0.15) is 45.4 Å². The first-order chi connectivity index (χ1) is 9.08. The molecule has 5 nitrogen and oxygen atoms in total. The van der Waals surface area contributed by atoms with Gasteiger partial charge in [-0.3, -0.25) is 4.79 Å². The number of amides is 1. The smallest absolute Gasteiger partial charge is 0.220 e. The van der Waals surface area contributed by atoms with E-state index in [9.17, 15) is 9.90 Å². The van der Waals surface area contributed by atoms with E-state index in [0.717, 1.165) is 25.8 Å². The van der Waals surface area contributed by atoms with Crippen LogP contribution in [0.25, 0.3) is 0 Å². The number of rotatable bonds is 11. The molecule has 112 valence electrons. The molecule has 1 atom stereocenters. The van der Waals surface area contributed by atoms with E-state index in [-0.39, 0.29) is 5.91 Å². The van der Waals surface area contributed by atoms with Crippen molar-refractivity contribution < 1.29 is 9.90 Å². The summed E-state index contributed by atoms with van der Waals surface area (Å²) in [5, 5.41) is 16.3. The molecule has 0 fully saturated rings. The molecule has 1 unspecified atom stereocenters. The van der Waals surface area contributed by atoms with E-state index < -0.39 is 5.60 Å². The van der Waals surface area contributed by atoms with Crippen LogP contribution in [-0.2, 0) is 4.79 Å². The van der Waals surface area contributed by atoms with Gasteiger partial charge in [0.15, 0.2) is 0 Å². The highest BCUT2D eigenvalue weighted by Gasteiger charge is 2.23. The first kappa shape index (κ1) is 18.1. The highest BCUT2D eigenvalue weighted by Crippen LogP contribution is 2.20. The Morgan fingerprint density at radius 1 is 1.37 bits per heavy atom. The quantitative estimate of drug-likeness (QED) is 0.389. The fourth-order valence-corrected chi connectivity index (χ4v) is 1.92. The van der Waals surface area contributed by atoms with Crippen LogP contribution in [0.2, 0.25) is 0 Å². The summed E-state index contributed by atoms with van der Waals surface area (Å²) < 4.78 is 0. The second-order valence-corrected chi connectivity index (χ2v) is 4.86. The van der Waals surface area contributed by atoms with E-state index >= 15 is 0 Å². The topological polar surface area (TPSA) is 73.7 Å². The molecule has 0 heterocycles. The molecule has 3 N–H and O–H groups in total. The van der Waals surface area contributed by atoms with Crippen LogP contribution in [0.5, 0.6) is 0 Å². The molecular formula is C14H29N3O2.